The van der Waals surface area contributed by atoms with Gasteiger partial charge in [-0.1, -0.05) is 48.5 Å². The third-order valence-corrected chi connectivity index (χ3v) is 5.07. The van der Waals surface area contributed by atoms with Crippen LogP contribution in [0.2, 0.25) is 0 Å². The highest BCUT2D eigenvalue weighted by atomic mass is 16.1. The van der Waals surface area contributed by atoms with Crippen molar-refractivity contribution >= 4 is 22.6 Å². The van der Waals surface area contributed by atoms with E-state index in [1.54, 1.807) is 0 Å². The van der Waals surface area contributed by atoms with Gasteiger partial charge in [0.1, 0.15) is 17.1 Å². The van der Waals surface area contributed by atoms with Gasteiger partial charge in [-0.05, 0) is 18.6 Å². The molecule has 6 heteroatoms. The van der Waals surface area contributed by atoms with Gasteiger partial charge < -0.3 is 11.1 Å². The molecule has 5 rings (SSSR count). The lowest BCUT2D eigenvalue weighted by Gasteiger charge is -2.15. The minimum absolute atomic E-state index is 0.443. The number of aromatic nitrogens is 3. The maximum Gasteiger partial charge on any atom is 0.254 e. The molecule has 0 aliphatic carbocycles. The Morgan fingerprint density at radius 2 is 1.86 bits per heavy atom. The van der Waals surface area contributed by atoms with E-state index in [-0.39, 0.29) is 0 Å². The number of hydrogen-bond acceptors (Lipinski definition) is 4. The lowest BCUT2D eigenvalue weighted by molar-refractivity contribution is 0.100. The maximum atomic E-state index is 12.1. The topological polar surface area (TPSA) is 85.8 Å². The number of nitrogens with one attached hydrogen (secondary N) is 1. The molecular weight excluding hydrogens is 350 g/mol. The van der Waals surface area contributed by atoms with Gasteiger partial charge in [0.15, 0.2) is 0 Å². The number of aryl methyl sites for hydroxylation is 1. The summed E-state index contributed by atoms with van der Waals surface area (Å²) in [5.41, 5.74) is 10.4. The Morgan fingerprint density at radius 1 is 1.04 bits per heavy atom. The fourth-order valence-electron chi connectivity index (χ4n) is 3.71. The van der Waals surface area contributed by atoms with E-state index in [0.717, 1.165) is 47.2 Å². The van der Waals surface area contributed by atoms with E-state index in [2.05, 4.69) is 16.5 Å². The third kappa shape index (κ3) is 2.70. The first-order valence-corrected chi connectivity index (χ1v) is 9.32. The summed E-state index contributed by atoms with van der Waals surface area (Å²) in [6, 6.07) is 20.1. The molecule has 0 saturated heterocycles. The first-order valence-electron chi connectivity index (χ1n) is 9.32. The fraction of sp³-hybridized carbons (Fsp3) is 0.136. The molecule has 0 saturated carbocycles. The van der Waals surface area contributed by atoms with Crippen molar-refractivity contribution in [3.63, 3.8) is 0 Å². The molecule has 2 aromatic heterocycles. The molecule has 2 aromatic carbocycles. The first-order chi connectivity index (χ1) is 13.7. The van der Waals surface area contributed by atoms with E-state index < -0.39 is 5.91 Å². The number of benzene rings is 2. The van der Waals surface area contributed by atoms with Gasteiger partial charge in [0, 0.05) is 29.6 Å². The number of anilines is 1. The molecule has 3 N–H and O–H groups in total. The summed E-state index contributed by atoms with van der Waals surface area (Å²) in [6.07, 6.45) is 0.964. The van der Waals surface area contributed by atoms with Crippen LogP contribution in [0.15, 0.2) is 60.7 Å². The van der Waals surface area contributed by atoms with Crippen LogP contribution in [0.1, 0.15) is 16.8 Å². The summed E-state index contributed by atoms with van der Waals surface area (Å²) in [7, 11) is 0. The van der Waals surface area contributed by atoms with Crippen molar-refractivity contribution in [2.24, 2.45) is 5.73 Å². The minimum atomic E-state index is -0.475. The number of fused-ring (bicyclic) bond motifs is 2. The molecule has 28 heavy (non-hydrogen) atoms. The monoisotopic (exact) mass is 369 g/mol. The van der Waals surface area contributed by atoms with Crippen molar-refractivity contribution in [3.8, 4) is 22.5 Å². The summed E-state index contributed by atoms with van der Waals surface area (Å²) >= 11 is 0. The second-order valence-electron chi connectivity index (χ2n) is 6.91. The molecule has 1 aliphatic rings. The van der Waals surface area contributed by atoms with Crippen molar-refractivity contribution in [2.45, 2.75) is 13.0 Å². The SMILES string of the molecule is NC(=O)c1c(-c2ccc3ccc(-c4ccccc4)nc3c2)nn2c1NCCC2. The van der Waals surface area contributed by atoms with Crippen LogP contribution in [0.25, 0.3) is 33.4 Å². The highest BCUT2D eigenvalue weighted by Crippen LogP contribution is 2.32. The van der Waals surface area contributed by atoms with Gasteiger partial charge in [0.25, 0.3) is 5.91 Å². The largest absolute Gasteiger partial charge is 0.370 e. The molecule has 138 valence electrons. The Kier molecular flexibility index (Phi) is 3.83. The van der Waals surface area contributed by atoms with Crippen LogP contribution in [-0.2, 0) is 6.54 Å². The maximum absolute atomic E-state index is 12.1. The lowest BCUT2D eigenvalue weighted by Crippen LogP contribution is -2.21. The van der Waals surface area contributed by atoms with E-state index in [4.69, 9.17) is 10.7 Å². The molecule has 0 atom stereocenters. The molecule has 0 spiro atoms. The standard InChI is InChI=1S/C22H19N5O/c23-21(28)19-20(26-27-12-4-11-24-22(19)27)16-8-7-15-9-10-17(25-18(15)13-16)14-5-2-1-3-6-14/h1-3,5-10,13,24H,4,11-12H2,(H2,23,28). The normalized spacial score (nSPS) is 13.1. The van der Waals surface area contributed by atoms with Gasteiger partial charge in [-0.2, -0.15) is 5.10 Å². The Bertz CT molecular complexity index is 1200. The number of nitrogens with two attached hydrogens (primary N) is 1. The third-order valence-electron chi connectivity index (χ3n) is 5.07. The predicted molar refractivity (Wildman–Crippen MR) is 110 cm³/mol. The van der Waals surface area contributed by atoms with E-state index in [0.29, 0.717) is 17.1 Å². The van der Waals surface area contributed by atoms with Gasteiger partial charge in [0.2, 0.25) is 0 Å². The van der Waals surface area contributed by atoms with E-state index in [9.17, 15) is 4.79 Å². The molecule has 1 amide bonds. The van der Waals surface area contributed by atoms with Crippen LogP contribution in [0.5, 0.6) is 0 Å². The molecule has 0 radical (unpaired) electrons. The first kappa shape index (κ1) is 16.5. The van der Waals surface area contributed by atoms with E-state index in [1.807, 2.05) is 59.3 Å². The number of primary amides is 1. The minimum Gasteiger partial charge on any atom is -0.370 e. The molecule has 4 aromatic rings. The molecule has 1 aliphatic heterocycles. The van der Waals surface area contributed by atoms with Crippen LogP contribution in [-0.4, -0.2) is 27.2 Å². The second kappa shape index (κ2) is 6.49. The summed E-state index contributed by atoms with van der Waals surface area (Å²) < 4.78 is 1.83. The average molecular weight is 369 g/mol. The number of rotatable bonds is 3. The smallest absolute Gasteiger partial charge is 0.254 e. The van der Waals surface area contributed by atoms with Crippen LogP contribution in [0.4, 0.5) is 5.82 Å². The molecule has 6 nitrogen and oxygen atoms in total. The number of amides is 1. The number of hydrogen-bond donors (Lipinski definition) is 2. The van der Waals surface area contributed by atoms with Crippen molar-refractivity contribution in [1.29, 1.82) is 0 Å². The van der Waals surface area contributed by atoms with Crippen LogP contribution in [0.3, 0.4) is 0 Å². The zero-order valence-corrected chi connectivity index (χ0v) is 15.2. The molecule has 3 heterocycles. The molecule has 0 unspecified atom stereocenters. The summed E-state index contributed by atoms with van der Waals surface area (Å²) in [4.78, 5) is 17.0. The van der Waals surface area contributed by atoms with Gasteiger partial charge in [-0.15, -0.1) is 0 Å². The number of nitrogens with zero attached hydrogens (tertiary/aromatic N) is 3. The summed E-state index contributed by atoms with van der Waals surface area (Å²) in [5, 5.41) is 8.94. The molecule has 0 bridgehead atoms. The zero-order valence-electron chi connectivity index (χ0n) is 15.2. The highest BCUT2D eigenvalue weighted by Gasteiger charge is 2.25. The van der Waals surface area contributed by atoms with Crippen LogP contribution in [0, 0.1) is 0 Å². The summed E-state index contributed by atoms with van der Waals surface area (Å²) in [6.45, 7) is 1.58. The number of carbonyl (C=O) groups excluding carboxylic acids is 1. The lowest BCUT2D eigenvalue weighted by atomic mass is 10.0. The average Bonchev–Trinajstić information content (AvgIpc) is 3.13. The van der Waals surface area contributed by atoms with Gasteiger partial charge in [0.05, 0.1) is 11.2 Å². The van der Waals surface area contributed by atoms with Crippen LogP contribution >= 0.6 is 0 Å². The van der Waals surface area contributed by atoms with Crippen molar-refractivity contribution in [3.05, 3.63) is 66.2 Å². The van der Waals surface area contributed by atoms with E-state index in [1.165, 1.54) is 0 Å². The van der Waals surface area contributed by atoms with Gasteiger partial charge >= 0.3 is 0 Å². The Morgan fingerprint density at radius 3 is 2.68 bits per heavy atom. The second-order valence-corrected chi connectivity index (χ2v) is 6.91. The zero-order chi connectivity index (χ0) is 19.1. The van der Waals surface area contributed by atoms with Gasteiger partial charge in [-0.25, -0.2) is 9.67 Å². The number of carbonyl (C=O) groups is 1. The van der Waals surface area contributed by atoms with Crippen LogP contribution < -0.4 is 11.1 Å². The highest BCUT2D eigenvalue weighted by molar-refractivity contribution is 6.04. The quantitative estimate of drug-likeness (QED) is 0.577. The number of pyridine rings is 1. The Balaban J connectivity index is 1.66. The summed E-state index contributed by atoms with van der Waals surface area (Å²) in [5.74, 6) is 0.233. The Labute approximate surface area is 162 Å². The van der Waals surface area contributed by atoms with E-state index >= 15 is 0 Å². The van der Waals surface area contributed by atoms with Gasteiger partial charge in [-0.3, -0.25) is 4.79 Å². The molecular formula is C22H19N5O. The Hall–Kier alpha value is -3.67. The fourth-order valence-corrected chi connectivity index (χ4v) is 3.71. The predicted octanol–water partition coefficient (Wildman–Crippen LogP) is 3.68. The van der Waals surface area contributed by atoms with Crippen molar-refractivity contribution in [2.75, 3.05) is 11.9 Å². The molecule has 0 fully saturated rings. The van der Waals surface area contributed by atoms with Crippen molar-refractivity contribution < 1.29 is 4.79 Å². The van der Waals surface area contributed by atoms with Crippen molar-refractivity contribution in [1.82, 2.24) is 14.8 Å².